The minimum absolute atomic E-state index is 0.671. The van der Waals surface area contributed by atoms with E-state index in [1.54, 1.807) is 6.07 Å². The highest BCUT2D eigenvalue weighted by molar-refractivity contribution is 6.35. The van der Waals surface area contributed by atoms with Crippen LogP contribution in [0.1, 0.15) is 18.9 Å². The average molecular weight is 265 g/mol. The molecular weight excluding hydrogens is 251 g/mol. The van der Waals surface area contributed by atoms with E-state index in [0.717, 1.165) is 17.5 Å². The summed E-state index contributed by atoms with van der Waals surface area (Å²) in [7, 11) is 0. The van der Waals surface area contributed by atoms with Crippen LogP contribution in [0.15, 0.2) is 42.5 Å². The van der Waals surface area contributed by atoms with Crippen molar-refractivity contribution in [3.63, 3.8) is 0 Å². The first-order valence-electron chi connectivity index (χ1n) is 5.74. The Bertz CT molecular complexity index is 481. The molecule has 2 aromatic carbocycles. The predicted molar refractivity (Wildman–Crippen MR) is 75.9 cm³/mol. The summed E-state index contributed by atoms with van der Waals surface area (Å²) in [4.78, 5) is 0. The lowest BCUT2D eigenvalue weighted by Gasteiger charge is -2.05. The number of rotatable bonds is 3. The van der Waals surface area contributed by atoms with Crippen LogP contribution in [0, 0.1) is 0 Å². The number of aryl methyl sites for hydroxylation is 1. The van der Waals surface area contributed by atoms with Gasteiger partial charge in [0.2, 0.25) is 0 Å². The third-order valence-corrected chi connectivity index (χ3v) is 3.12. The normalized spacial score (nSPS) is 10.5. The molecule has 0 saturated carbocycles. The lowest BCUT2D eigenvalue weighted by atomic mass is 10.0. The van der Waals surface area contributed by atoms with Gasteiger partial charge in [-0.1, -0.05) is 60.8 Å². The van der Waals surface area contributed by atoms with Gasteiger partial charge in [0.25, 0.3) is 0 Å². The first-order chi connectivity index (χ1) is 8.19. The summed E-state index contributed by atoms with van der Waals surface area (Å²) in [6.45, 7) is 2.19. The Labute approximate surface area is 112 Å². The summed E-state index contributed by atoms with van der Waals surface area (Å²) in [5, 5.41) is 1.34. The molecule has 0 amide bonds. The lowest BCUT2D eigenvalue weighted by molar-refractivity contribution is 0.922. The van der Waals surface area contributed by atoms with Crippen molar-refractivity contribution in [2.45, 2.75) is 19.8 Å². The standard InChI is InChI=1S/C15H14Cl2/c1-2-3-11-4-6-12(7-5-11)13-8-14(16)10-15(17)9-13/h4-10H,2-3H2,1H3. The van der Waals surface area contributed by atoms with Gasteiger partial charge in [0.05, 0.1) is 0 Å². The molecule has 2 rings (SSSR count). The maximum absolute atomic E-state index is 6.00. The predicted octanol–water partition coefficient (Wildman–Crippen LogP) is 5.61. The van der Waals surface area contributed by atoms with Gasteiger partial charge >= 0.3 is 0 Å². The summed E-state index contributed by atoms with van der Waals surface area (Å²) < 4.78 is 0. The van der Waals surface area contributed by atoms with Crippen molar-refractivity contribution in [3.8, 4) is 11.1 Å². The summed E-state index contributed by atoms with van der Waals surface area (Å²) in [6.07, 6.45) is 2.29. The molecule has 0 nitrogen and oxygen atoms in total. The van der Waals surface area contributed by atoms with Crippen molar-refractivity contribution in [1.82, 2.24) is 0 Å². The Hall–Kier alpha value is -0.980. The average Bonchev–Trinajstić information content (AvgIpc) is 2.29. The second-order valence-corrected chi connectivity index (χ2v) is 4.98. The first-order valence-corrected chi connectivity index (χ1v) is 6.50. The molecule has 0 aliphatic heterocycles. The maximum atomic E-state index is 6.00. The van der Waals surface area contributed by atoms with Crippen LogP contribution in [0.5, 0.6) is 0 Å². The lowest BCUT2D eigenvalue weighted by Crippen LogP contribution is -1.84. The second-order valence-electron chi connectivity index (χ2n) is 4.11. The van der Waals surface area contributed by atoms with Crippen molar-refractivity contribution >= 4 is 23.2 Å². The van der Waals surface area contributed by atoms with Gasteiger partial charge in [-0.3, -0.25) is 0 Å². The molecule has 0 heterocycles. The van der Waals surface area contributed by atoms with Crippen LogP contribution in [0.4, 0.5) is 0 Å². The van der Waals surface area contributed by atoms with E-state index in [1.165, 1.54) is 12.0 Å². The topological polar surface area (TPSA) is 0 Å². The van der Waals surface area contributed by atoms with Crippen molar-refractivity contribution in [1.29, 1.82) is 0 Å². The Morgan fingerprint density at radius 1 is 0.824 bits per heavy atom. The van der Waals surface area contributed by atoms with E-state index in [-0.39, 0.29) is 0 Å². The van der Waals surface area contributed by atoms with Crippen LogP contribution in [0.2, 0.25) is 10.0 Å². The van der Waals surface area contributed by atoms with E-state index in [1.807, 2.05) is 12.1 Å². The van der Waals surface area contributed by atoms with E-state index in [2.05, 4.69) is 31.2 Å². The second kappa shape index (κ2) is 5.57. The summed E-state index contributed by atoms with van der Waals surface area (Å²) in [5.41, 5.74) is 3.57. The van der Waals surface area contributed by atoms with E-state index in [9.17, 15) is 0 Å². The molecule has 88 valence electrons. The number of hydrogen-bond donors (Lipinski definition) is 0. The number of halogens is 2. The van der Waals surface area contributed by atoms with Crippen LogP contribution < -0.4 is 0 Å². The van der Waals surface area contributed by atoms with E-state index in [4.69, 9.17) is 23.2 Å². The van der Waals surface area contributed by atoms with Crippen molar-refractivity contribution in [2.75, 3.05) is 0 Å². The fraction of sp³-hybridized carbons (Fsp3) is 0.200. The molecule has 0 spiro atoms. The van der Waals surface area contributed by atoms with Crippen LogP contribution in [-0.2, 0) is 6.42 Å². The summed E-state index contributed by atoms with van der Waals surface area (Å²) in [6, 6.07) is 14.2. The molecular formula is C15H14Cl2. The van der Waals surface area contributed by atoms with Crippen LogP contribution in [0.3, 0.4) is 0 Å². The third kappa shape index (κ3) is 3.24. The molecule has 0 aliphatic rings. The quantitative estimate of drug-likeness (QED) is 0.676. The van der Waals surface area contributed by atoms with Crippen molar-refractivity contribution < 1.29 is 0 Å². The van der Waals surface area contributed by atoms with Gasteiger partial charge in [0, 0.05) is 10.0 Å². The van der Waals surface area contributed by atoms with E-state index in [0.29, 0.717) is 10.0 Å². The van der Waals surface area contributed by atoms with Gasteiger partial charge in [-0.05, 0) is 41.3 Å². The van der Waals surface area contributed by atoms with Crippen molar-refractivity contribution in [2.24, 2.45) is 0 Å². The van der Waals surface area contributed by atoms with Gasteiger partial charge in [0.1, 0.15) is 0 Å². The van der Waals surface area contributed by atoms with Gasteiger partial charge in [-0.15, -0.1) is 0 Å². The monoisotopic (exact) mass is 264 g/mol. The zero-order chi connectivity index (χ0) is 12.3. The van der Waals surface area contributed by atoms with E-state index >= 15 is 0 Å². The third-order valence-electron chi connectivity index (χ3n) is 2.69. The number of hydrogen-bond acceptors (Lipinski definition) is 0. The summed E-state index contributed by atoms with van der Waals surface area (Å²) >= 11 is 12.0. The van der Waals surface area contributed by atoms with Crippen LogP contribution in [0.25, 0.3) is 11.1 Å². The zero-order valence-electron chi connectivity index (χ0n) is 9.71. The van der Waals surface area contributed by atoms with Crippen LogP contribution >= 0.6 is 23.2 Å². The molecule has 0 atom stereocenters. The largest absolute Gasteiger partial charge is 0.0843 e. The fourth-order valence-corrected chi connectivity index (χ4v) is 2.40. The Morgan fingerprint density at radius 2 is 1.41 bits per heavy atom. The molecule has 0 radical (unpaired) electrons. The fourth-order valence-electron chi connectivity index (χ4n) is 1.87. The highest BCUT2D eigenvalue weighted by Gasteiger charge is 2.01. The SMILES string of the molecule is CCCc1ccc(-c2cc(Cl)cc(Cl)c2)cc1. The van der Waals surface area contributed by atoms with Gasteiger partial charge in [-0.2, -0.15) is 0 Å². The Kier molecular flexibility index (Phi) is 4.09. The molecule has 0 saturated heterocycles. The molecule has 0 aliphatic carbocycles. The van der Waals surface area contributed by atoms with Gasteiger partial charge < -0.3 is 0 Å². The zero-order valence-corrected chi connectivity index (χ0v) is 11.2. The van der Waals surface area contributed by atoms with Crippen LogP contribution in [-0.4, -0.2) is 0 Å². The molecule has 2 heteroatoms. The van der Waals surface area contributed by atoms with E-state index < -0.39 is 0 Å². The smallest absolute Gasteiger partial charge is 0.0426 e. The Morgan fingerprint density at radius 3 is 1.94 bits per heavy atom. The van der Waals surface area contributed by atoms with Gasteiger partial charge in [0.15, 0.2) is 0 Å². The minimum atomic E-state index is 0.671. The van der Waals surface area contributed by atoms with Crippen molar-refractivity contribution in [3.05, 3.63) is 58.1 Å². The molecule has 2 aromatic rings. The highest BCUT2D eigenvalue weighted by Crippen LogP contribution is 2.27. The highest BCUT2D eigenvalue weighted by atomic mass is 35.5. The molecule has 17 heavy (non-hydrogen) atoms. The molecule has 0 bridgehead atoms. The Balaban J connectivity index is 2.32. The molecule has 0 fully saturated rings. The minimum Gasteiger partial charge on any atom is -0.0843 e. The molecule has 0 unspecified atom stereocenters. The molecule has 0 aromatic heterocycles. The maximum Gasteiger partial charge on any atom is 0.0426 e. The number of benzene rings is 2. The van der Waals surface area contributed by atoms with Gasteiger partial charge in [-0.25, -0.2) is 0 Å². The molecule has 0 N–H and O–H groups in total. The first kappa shape index (κ1) is 12.5. The summed E-state index contributed by atoms with van der Waals surface area (Å²) in [5.74, 6) is 0.